The quantitative estimate of drug-likeness (QED) is 0.832. The number of hydrogen-bond donors (Lipinski definition) is 0. The molecule has 0 aliphatic carbocycles. The van der Waals surface area contributed by atoms with Crippen LogP contribution in [0.4, 0.5) is 19.0 Å². The Morgan fingerprint density at radius 3 is 2.65 bits per heavy atom. The number of amides is 1. The van der Waals surface area contributed by atoms with Gasteiger partial charge in [-0.2, -0.15) is 13.2 Å². The van der Waals surface area contributed by atoms with Gasteiger partial charge in [0.05, 0.1) is 11.8 Å². The molecule has 1 fully saturated rings. The van der Waals surface area contributed by atoms with Gasteiger partial charge in [0.25, 0.3) is 0 Å². The molecule has 26 heavy (non-hydrogen) atoms. The number of anilines is 1. The van der Waals surface area contributed by atoms with Gasteiger partial charge in [0.15, 0.2) is 0 Å². The molecule has 3 rings (SSSR count). The molecule has 1 amide bonds. The first-order chi connectivity index (χ1) is 12.4. The maximum Gasteiger partial charge on any atom is 0.417 e. The van der Waals surface area contributed by atoms with Crippen molar-refractivity contribution in [3.05, 3.63) is 48.0 Å². The van der Waals surface area contributed by atoms with Crippen LogP contribution in [0.5, 0.6) is 0 Å². The second-order valence-electron chi connectivity index (χ2n) is 6.20. The van der Waals surface area contributed by atoms with E-state index >= 15 is 0 Å². The van der Waals surface area contributed by atoms with Crippen LogP contribution in [-0.2, 0) is 17.4 Å². The molecule has 0 radical (unpaired) electrons. The van der Waals surface area contributed by atoms with Gasteiger partial charge in [-0.15, -0.1) is 0 Å². The van der Waals surface area contributed by atoms with Gasteiger partial charge in [0.2, 0.25) is 5.91 Å². The van der Waals surface area contributed by atoms with Crippen LogP contribution in [0.2, 0.25) is 0 Å². The van der Waals surface area contributed by atoms with Crippen molar-refractivity contribution in [3.8, 4) is 0 Å². The molecule has 1 aliphatic rings. The first kappa shape index (κ1) is 18.3. The zero-order valence-electron chi connectivity index (χ0n) is 14.2. The van der Waals surface area contributed by atoms with Gasteiger partial charge >= 0.3 is 6.18 Å². The summed E-state index contributed by atoms with van der Waals surface area (Å²) in [6, 6.07) is 6.06. The third-order valence-corrected chi connectivity index (χ3v) is 4.41. The Morgan fingerprint density at radius 2 is 2.00 bits per heavy atom. The predicted molar refractivity (Wildman–Crippen MR) is 89.7 cm³/mol. The highest BCUT2D eigenvalue weighted by atomic mass is 19.4. The predicted octanol–water partition coefficient (Wildman–Crippen LogP) is 3.36. The fourth-order valence-electron chi connectivity index (χ4n) is 2.98. The lowest BCUT2D eigenvalue weighted by atomic mass is 10.2. The minimum atomic E-state index is -4.39. The number of rotatable bonds is 4. The maximum atomic E-state index is 12.6. The third-order valence-electron chi connectivity index (χ3n) is 4.41. The van der Waals surface area contributed by atoms with Gasteiger partial charge in [0.1, 0.15) is 11.6 Å². The van der Waals surface area contributed by atoms with Crippen LogP contribution >= 0.6 is 0 Å². The van der Waals surface area contributed by atoms with Gasteiger partial charge in [-0.3, -0.25) is 4.79 Å². The van der Waals surface area contributed by atoms with E-state index in [1.807, 2.05) is 11.0 Å². The van der Waals surface area contributed by atoms with Crippen molar-refractivity contribution in [3.63, 3.8) is 0 Å². The zero-order chi connectivity index (χ0) is 18.6. The zero-order valence-corrected chi connectivity index (χ0v) is 14.2. The van der Waals surface area contributed by atoms with E-state index in [9.17, 15) is 18.0 Å². The van der Waals surface area contributed by atoms with Crippen molar-refractivity contribution in [1.29, 1.82) is 0 Å². The number of hydrogen-bond acceptors (Lipinski definition) is 4. The Bertz CT molecular complexity index is 714. The van der Waals surface area contributed by atoms with Crippen molar-refractivity contribution in [2.24, 2.45) is 0 Å². The summed E-state index contributed by atoms with van der Waals surface area (Å²) in [6.45, 7) is 2.36. The molecule has 2 aromatic rings. The summed E-state index contributed by atoms with van der Waals surface area (Å²) in [4.78, 5) is 20.0. The van der Waals surface area contributed by atoms with Crippen LogP contribution in [0.3, 0.4) is 0 Å². The van der Waals surface area contributed by atoms with Crippen LogP contribution in [0.25, 0.3) is 0 Å². The molecule has 0 saturated carbocycles. The molecule has 2 aromatic heterocycles. The molecule has 0 atom stereocenters. The Morgan fingerprint density at radius 1 is 1.15 bits per heavy atom. The molecule has 0 spiro atoms. The van der Waals surface area contributed by atoms with Gasteiger partial charge in [-0.05, 0) is 30.7 Å². The molecule has 0 unspecified atom stereocenters. The summed E-state index contributed by atoms with van der Waals surface area (Å²) in [5.41, 5.74) is -0.759. The van der Waals surface area contributed by atoms with E-state index in [0.717, 1.165) is 24.4 Å². The first-order valence-electron chi connectivity index (χ1n) is 8.52. The van der Waals surface area contributed by atoms with Crippen LogP contribution in [0.15, 0.2) is 41.1 Å². The van der Waals surface area contributed by atoms with Gasteiger partial charge in [0, 0.05) is 45.2 Å². The topological polar surface area (TPSA) is 49.6 Å². The summed E-state index contributed by atoms with van der Waals surface area (Å²) in [6.07, 6.45) is -0.261. The molecule has 0 bridgehead atoms. The van der Waals surface area contributed by atoms with E-state index in [2.05, 4.69) is 4.98 Å². The lowest BCUT2D eigenvalue weighted by Gasteiger charge is -2.23. The normalized spacial score (nSPS) is 15.8. The number of halogens is 3. The average Bonchev–Trinajstić information content (AvgIpc) is 3.01. The smallest absolute Gasteiger partial charge is 0.417 e. The van der Waals surface area contributed by atoms with E-state index < -0.39 is 11.7 Å². The third kappa shape index (κ3) is 4.56. The SMILES string of the molecule is O=C(CCc1ccco1)N1CCCN(c2ccc(C(F)(F)F)cn2)CC1. The van der Waals surface area contributed by atoms with Crippen molar-refractivity contribution in [2.45, 2.75) is 25.4 Å². The van der Waals surface area contributed by atoms with E-state index in [4.69, 9.17) is 4.42 Å². The summed E-state index contributed by atoms with van der Waals surface area (Å²) < 4.78 is 43.1. The Balaban J connectivity index is 1.55. The highest BCUT2D eigenvalue weighted by molar-refractivity contribution is 5.76. The average molecular weight is 367 g/mol. The molecular weight excluding hydrogens is 347 g/mol. The highest BCUT2D eigenvalue weighted by Gasteiger charge is 2.31. The number of nitrogens with zero attached hydrogens (tertiary/aromatic N) is 3. The van der Waals surface area contributed by atoms with Crippen molar-refractivity contribution >= 4 is 11.7 Å². The molecule has 140 valence electrons. The molecule has 3 heterocycles. The van der Waals surface area contributed by atoms with Crippen molar-refractivity contribution < 1.29 is 22.4 Å². The molecule has 8 heteroatoms. The van der Waals surface area contributed by atoms with E-state index in [0.29, 0.717) is 44.8 Å². The molecular formula is C18H20F3N3O2. The minimum Gasteiger partial charge on any atom is -0.469 e. The lowest BCUT2D eigenvalue weighted by Crippen LogP contribution is -2.35. The van der Waals surface area contributed by atoms with Gasteiger partial charge in [-0.25, -0.2) is 4.98 Å². The Hall–Kier alpha value is -2.51. The number of aryl methyl sites for hydroxylation is 1. The molecule has 1 saturated heterocycles. The van der Waals surface area contributed by atoms with Crippen LogP contribution in [0.1, 0.15) is 24.2 Å². The largest absolute Gasteiger partial charge is 0.469 e. The van der Waals surface area contributed by atoms with E-state index in [1.165, 1.54) is 6.07 Å². The fraction of sp³-hybridized carbons (Fsp3) is 0.444. The number of alkyl halides is 3. The number of pyridine rings is 1. The van der Waals surface area contributed by atoms with Crippen LogP contribution < -0.4 is 4.90 Å². The van der Waals surface area contributed by atoms with Crippen LogP contribution in [-0.4, -0.2) is 42.0 Å². The van der Waals surface area contributed by atoms with E-state index in [1.54, 1.807) is 17.2 Å². The van der Waals surface area contributed by atoms with Crippen LogP contribution in [0, 0.1) is 0 Å². The number of aromatic nitrogens is 1. The maximum absolute atomic E-state index is 12.6. The summed E-state index contributed by atoms with van der Waals surface area (Å²) in [5.74, 6) is 1.34. The molecule has 5 nitrogen and oxygen atoms in total. The van der Waals surface area contributed by atoms with E-state index in [-0.39, 0.29) is 5.91 Å². The lowest BCUT2D eigenvalue weighted by molar-refractivity contribution is -0.137. The number of carbonyl (C=O) groups excluding carboxylic acids is 1. The summed E-state index contributed by atoms with van der Waals surface area (Å²) >= 11 is 0. The first-order valence-corrected chi connectivity index (χ1v) is 8.52. The summed E-state index contributed by atoms with van der Waals surface area (Å²) in [5, 5.41) is 0. The van der Waals surface area contributed by atoms with Gasteiger partial charge in [-0.1, -0.05) is 0 Å². The standard InChI is InChI=1S/C18H20F3N3O2/c19-18(20,21)14-4-6-16(22-13-14)23-8-2-9-24(11-10-23)17(25)7-5-15-3-1-12-26-15/h1,3-4,6,12-13H,2,5,7-11H2. The highest BCUT2D eigenvalue weighted by Crippen LogP contribution is 2.29. The fourth-order valence-corrected chi connectivity index (χ4v) is 2.98. The van der Waals surface area contributed by atoms with Gasteiger partial charge < -0.3 is 14.2 Å². The second kappa shape index (κ2) is 7.80. The van der Waals surface area contributed by atoms with Crippen molar-refractivity contribution in [1.82, 2.24) is 9.88 Å². The summed E-state index contributed by atoms with van der Waals surface area (Å²) in [7, 11) is 0. The second-order valence-corrected chi connectivity index (χ2v) is 6.20. The number of furan rings is 1. The van der Waals surface area contributed by atoms with Crippen molar-refractivity contribution in [2.75, 3.05) is 31.1 Å². The monoisotopic (exact) mass is 367 g/mol. The Kier molecular flexibility index (Phi) is 5.49. The molecule has 1 aliphatic heterocycles. The minimum absolute atomic E-state index is 0.0589. The molecule has 0 aromatic carbocycles. The number of carbonyl (C=O) groups is 1. The Labute approximate surface area is 149 Å². The molecule has 0 N–H and O–H groups in total.